The van der Waals surface area contributed by atoms with E-state index in [4.69, 9.17) is 9.47 Å². The summed E-state index contributed by atoms with van der Waals surface area (Å²) in [5.74, 6) is -1.21. The molecule has 0 aliphatic heterocycles. The molecule has 160 valence electrons. The lowest BCUT2D eigenvalue weighted by Gasteiger charge is -2.24. The van der Waals surface area contributed by atoms with E-state index in [1.165, 1.54) is 0 Å². The topological polar surface area (TPSA) is 93.1 Å². The van der Waals surface area contributed by atoms with E-state index in [9.17, 15) is 19.8 Å². The van der Waals surface area contributed by atoms with Gasteiger partial charge in [-0.05, 0) is 66.1 Å². The number of rotatable bonds is 7. The van der Waals surface area contributed by atoms with Crippen molar-refractivity contribution >= 4 is 11.9 Å². The van der Waals surface area contributed by atoms with E-state index in [0.29, 0.717) is 11.1 Å². The highest BCUT2D eigenvalue weighted by Crippen LogP contribution is 2.46. The van der Waals surface area contributed by atoms with Crippen molar-refractivity contribution in [2.45, 2.75) is 46.8 Å². The van der Waals surface area contributed by atoms with Crippen LogP contribution in [-0.2, 0) is 45.1 Å². The molecule has 0 radical (unpaired) electrons. The second kappa shape index (κ2) is 8.98. The molecule has 0 atom stereocenters. The quantitative estimate of drug-likeness (QED) is 0.537. The molecule has 6 heteroatoms. The number of hydrogen-bond donors (Lipinski definition) is 2. The highest BCUT2D eigenvalue weighted by atomic mass is 16.6. The summed E-state index contributed by atoms with van der Waals surface area (Å²) in [5.41, 5.74) is 3.99. The van der Waals surface area contributed by atoms with E-state index >= 15 is 0 Å². The largest absolute Gasteiger partial charge is 0.465 e. The van der Waals surface area contributed by atoms with Gasteiger partial charge >= 0.3 is 11.9 Å². The predicted octanol–water partition coefficient (Wildman–Crippen LogP) is 2.86. The average Bonchev–Trinajstić information content (AvgIpc) is 3.14. The van der Waals surface area contributed by atoms with Crippen molar-refractivity contribution < 1.29 is 29.3 Å². The summed E-state index contributed by atoms with van der Waals surface area (Å²) in [5, 5.41) is 20.1. The summed E-state index contributed by atoms with van der Waals surface area (Å²) in [6.45, 7) is 5.16. The molecule has 2 N–H and O–H groups in total. The number of aliphatic hydroxyl groups excluding tert-OH is 2. The predicted molar refractivity (Wildman–Crippen MR) is 112 cm³/mol. The summed E-state index contributed by atoms with van der Waals surface area (Å²) in [6.07, 6.45) is 0.264. The fraction of sp³-hybridized carbons (Fsp3) is 0.417. The highest BCUT2D eigenvalue weighted by molar-refractivity contribution is 6.02. The van der Waals surface area contributed by atoms with Crippen molar-refractivity contribution in [2.75, 3.05) is 13.2 Å². The fourth-order valence-corrected chi connectivity index (χ4v) is 4.35. The monoisotopic (exact) mass is 412 g/mol. The third kappa shape index (κ3) is 3.61. The summed E-state index contributed by atoms with van der Waals surface area (Å²) in [4.78, 5) is 25.9. The number of fused-ring (bicyclic) bond motifs is 1. The Balaban J connectivity index is 2.26. The first-order chi connectivity index (χ1) is 14.4. The summed E-state index contributed by atoms with van der Waals surface area (Å²) in [7, 11) is 0. The Morgan fingerprint density at radius 3 is 2.17 bits per heavy atom. The first kappa shape index (κ1) is 22.0. The van der Waals surface area contributed by atoms with E-state index in [2.05, 4.69) is 0 Å². The second-order valence-corrected chi connectivity index (χ2v) is 7.53. The Bertz CT molecular complexity index is 944. The van der Waals surface area contributed by atoms with Gasteiger partial charge in [0.05, 0.1) is 26.4 Å². The molecule has 0 saturated carbocycles. The standard InChI is InChI=1S/C24H28O6/c1-4-29-22(27)24(23(28)30-5-2)11-16-10-17(13-25)20(14-26)21(19(16)12-24)18-9-7-6-8-15(18)3/h6-10,25-26H,4-5,11-14H2,1-3H3. The molecule has 1 aliphatic carbocycles. The maximum Gasteiger partial charge on any atom is 0.324 e. The lowest BCUT2D eigenvalue weighted by Crippen LogP contribution is -2.43. The van der Waals surface area contributed by atoms with E-state index in [1.807, 2.05) is 31.2 Å². The number of esters is 2. The Kier molecular flexibility index (Phi) is 6.58. The van der Waals surface area contributed by atoms with Crippen LogP contribution in [0.2, 0.25) is 0 Å². The third-order valence-corrected chi connectivity index (χ3v) is 5.77. The van der Waals surface area contributed by atoms with E-state index in [0.717, 1.165) is 27.8 Å². The molecule has 2 aromatic rings. The van der Waals surface area contributed by atoms with Crippen LogP contribution in [0.15, 0.2) is 30.3 Å². The minimum absolute atomic E-state index is 0.127. The van der Waals surface area contributed by atoms with Gasteiger partial charge in [0.1, 0.15) is 0 Å². The van der Waals surface area contributed by atoms with Crippen LogP contribution in [0, 0.1) is 12.3 Å². The lowest BCUT2D eigenvalue weighted by atomic mass is 9.83. The fourth-order valence-electron chi connectivity index (χ4n) is 4.35. The van der Waals surface area contributed by atoms with Crippen LogP contribution in [0.5, 0.6) is 0 Å². The molecule has 0 amide bonds. The molecule has 30 heavy (non-hydrogen) atoms. The van der Waals surface area contributed by atoms with Gasteiger partial charge in [0, 0.05) is 6.42 Å². The molecule has 0 bridgehead atoms. The zero-order valence-corrected chi connectivity index (χ0v) is 17.7. The minimum Gasteiger partial charge on any atom is -0.465 e. The van der Waals surface area contributed by atoms with Crippen LogP contribution in [0.3, 0.4) is 0 Å². The maximum atomic E-state index is 13.0. The van der Waals surface area contributed by atoms with Crippen molar-refractivity contribution in [1.29, 1.82) is 0 Å². The molecule has 0 saturated heterocycles. The summed E-state index contributed by atoms with van der Waals surface area (Å²) in [6, 6.07) is 9.52. The number of benzene rings is 2. The first-order valence-electron chi connectivity index (χ1n) is 10.2. The smallest absolute Gasteiger partial charge is 0.324 e. The van der Waals surface area contributed by atoms with Crippen LogP contribution in [0.1, 0.15) is 41.7 Å². The van der Waals surface area contributed by atoms with Crippen molar-refractivity contribution in [3.63, 3.8) is 0 Å². The molecule has 0 heterocycles. The molecule has 0 aromatic heterocycles. The van der Waals surface area contributed by atoms with Gasteiger partial charge in [-0.2, -0.15) is 0 Å². The highest BCUT2D eigenvalue weighted by Gasteiger charge is 2.54. The van der Waals surface area contributed by atoms with E-state index in [-0.39, 0.29) is 39.3 Å². The number of aliphatic hydroxyl groups is 2. The molecule has 0 unspecified atom stereocenters. The van der Waals surface area contributed by atoms with Gasteiger partial charge < -0.3 is 19.7 Å². The van der Waals surface area contributed by atoms with E-state index in [1.54, 1.807) is 19.9 Å². The molecule has 3 rings (SSSR count). The number of ether oxygens (including phenoxy) is 2. The minimum atomic E-state index is -1.47. The van der Waals surface area contributed by atoms with Crippen molar-refractivity contribution in [3.05, 3.63) is 58.1 Å². The van der Waals surface area contributed by atoms with Crippen LogP contribution >= 0.6 is 0 Å². The van der Waals surface area contributed by atoms with Gasteiger partial charge in [-0.15, -0.1) is 0 Å². The first-order valence-corrected chi connectivity index (χ1v) is 10.2. The SMILES string of the molecule is CCOC(=O)C1(C(=O)OCC)Cc2cc(CO)c(CO)c(-c3ccccc3C)c2C1. The van der Waals surface area contributed by atoms with Crippen LogP contribution in [0.4, 0.5) is 0 Å². The van der Waals surface area contributed by atoms with Crippen molar-refractivity contribution in [2.24, 2.45) is 5.41 Å². The van der Waals surface area contributed by atoms with Gasteiger partial charge in [0.25, 0.3) is 0 Å². The molecule has 1 aliphatic rings. The molecule has 6 nitrogen and oxygen atoms in total. The number of carbonyl (C=O) groups excluding carboxylic acids is 2. The Labute approximate surface area is 176 Å². The molecule has 2 aromatic carbocycles. The van der Waals surface area contributed by atoms with Gasteiger partial charge in [-0.1, -0.05) is 30.3 Å². The van der Waals surface area contributed by atoms with Gasteiger partial charge in [0.15, 0.2) is 5.41 Å². The molecule has 0 fully saturated rings. The molecular formula is C24H28O6. The van der Waals surface area contributed by atoms with Crippen molar-refractivity contribution in [3.8, 4) is 11.1 Å². The van der Waals surface area contributed by atoms with Gasteiger partial charge in [-0.25, -0.2) is 0 Å². The number of hydrogen-bond acceptors (Lipinski definition) is 6. The Morgan fingerprint density at radius 2 is 1.63 bits per heavy atom. The number of aryl methyl sites for hydroxylation is 1. The van der Waals surface area contributed by atoms with Gasteiger partial charge in [0.2, 0.25) is 0 Å². The molecular weight excluding hydrogens is 384 g/mol. The summed E-state index contributed by atoms with van der Waals surface area (Å²) >= 11 is 0. The van der Waals surface area contributed by atoms with Crippen LogP contribution < -0.4 is 0 Å². The average molecular weight is 412 g/mol. The zero-order valence-electron chi connectivity index (χ0n) is 17.7. The van der Waals surface area contributed by atoms with Gasteiger partial charge in [-0.3, -0.25) is 9.59 Å². The van der Waals surface area contributed by atoms with Crippen LogP contribution in [0.25, 0.3) is 11.1 Å². The summed E-state index contributed by atoms with van der Waals surface area (Å²) < 4.78 is 10.5. The Hall–Kier alpha value is -2.70. The number of carbonyl (C=O) groups is 2. The maximum absolute atomic E-state index is 13.0. The van der Waals surface area contributed by atoms with E-state index < -0.39 is 17.4 Å². The Morgan fingerprint density at radius 1 is 1.00 bits per heavy atom. The second-order valence-electron chi connectivity index (χ2n) is 7.53. The lowest BCUT2D eigenvalue weighted by molar-refractivity contribution is -0.171. The molecule has 0 spiro atoms. The van der Waals surface area contributed by atoms with Crippen LogP contribution in [-0.4, -0.2) is 35.4 Å². The zero-order chi connectivity index (χ0) is 21.9. The third-order valence-electron chi connectivity index (χ3n) is 5.77. The van der Waals surface area contributed by atoms with Crippen molar-refractivity contribution in [1.82, 2.24) is 0 Å². The normalized spacial score (nSPS) is 14.3.